The quantitative estimate of drug-likeness (QED) is 0.191. The van der Waals surface area contributed by atoms with Crippen molar-refractivity contribution in [3.8, 4) is 28.3 Å². The third-order valence-corrected chi connectivity index (χ3v) is 9.99. The van der Waals surface area contributed by atoms with Gasteiger partial charge in [0.05, 0.1) is 16.8 Å². The van der Waals surface area contributed by atoms with E-state index in [-0.39, 0.29) is 0 Å². The first-order chi connectivity index (χ1) is 22.2. The Kier molecular flexibility index (Phi) is 7.89. The van der Waals surface area contributed by atoms with Crippen molar-refractivity contribution >= 4 is 37.3 Å². The molecule has 2 fully saturated rings. The number of imidazole rings is 1. The van der Waals surface area contributed by atoms with Crippen molar-refractivity contribution in [3.63, 3.8) is 0 Å². The number of nitrogens with one attached hydrogen (secondary N) is 1. The first-order valence-electron chi connectivity index (χ1n) is 16.0. The van der Waals surface area contributed by atoms with Crippen LogP contribution in [0.4, 0.5) is 16.3 Å². The van der Waals surface area contributed by atoms with Crippen LogP contribution in [0.25, 0.3) is 39.5 Å². The Morgan fingerprint density at radius 1 is 0.957 bits per heavy atom. The lowest BCUT2D eigenvalue weighted by Crippen LogP contribution is -2.52. The smallest absolute Gasteiger partial charge is 0.408 e. The van der Waals surface area contributed by atoms with Gasteiger partial charge in [-0.1, -0.05) is 24.3 Å². The van der Waals surface area contributed by atoms with E-state index in [0.717, 1.165) is 80.2 Å². The van der Waals surface area contributed by atoms with Gasteiger partial charge in [0.2, 0.25) is 0 Å². The summed E-state index contributed by atoms with van der Waals surface area (Å²) in [6.45, 7) is 7.83. The fraction of sp³-hybridized carbons (Fsp3) is 0.333. The molecule has 2 aromatic carbocycles. The third kappa shape index (κ3) is 5.92. The molecule has 0 unspecified atom stereocenters. The number of benzene rings is 2. The van der Waals surface area contributed by atoms with Gasteiger partial charge in [-0.2, -0.15) is 0 Å². The van der Waals surface area contributed by atoms with E-state index in [4.69, 9.17) is 20.4 Å². The minimum absolute atomic E-state index is 0.396. The molecule has 4 heterocycles. The lowest BCUT2D eigenvalue weighted by atomic mass is 9.72. The number of anilines is 2. The number of alkyl carbamates (subject to hydrolysis) is 1. The van der Waals surface area contributed by atoms with Crippen molar-refractivity contribution in [2.24, 2.45) is 0 Å². The van der Waals surface area contributed by atoms with E-state index < -0.39 is 17.2 Å². The SMILES string of the molecule is CC(C)(C)OC(=O)NC1(c2ccc(-n3c(-c4cccnc4N)nc4ccc(-c5cccc(N6CCPCC6)c5)nc43)cc2)CCC1. The molecule has 0 atom stereocenters. The van der Waals surface area contributed by atoms with Gasteiger partial charge in [-0.25, -0.2) is 19.7 Å². The lowest BCUT2D eigenvalue weighted by molar-refractivity contribution is 0.0377. The average molecular weight is 634 g/mol. The Hall–Kier alpha value is -4.49. The fourth-order valence-electron chi connectivity index (χ4n) is 6.38. The second-order valence-corrected chi connectivity index (χ2v) is 14.6. The van der Waals surface area contributed by atoms with E-state index in [1.165, 1.54) is 18.0 Å². The number of nitrogens with zero attached hydrogens (tertiary/aromatic N) is 5. The minimum Gasteiger partial charge on any atom is -0.444 e. The van der Waals surface area contributed by atoms with Gasteiger partial charge in [-0.05, 0) is 106 Å². The number of aromatic nitrogens is 4. The van der Waals surface area contributed by atoms with Crippen LogP contribution in [0.1, 0.15) is 45.6 Å². The van der Waals surface area contributed by atoms with Crippen LogP contribution >= 0.6 is 8.58 Å². The molecule has 7 rings (SSSR count). The van der Waals surface area contributed by atoms with E-state index in [9.17, 15) is 4.79 Å². The molecule has 3 aromatic heterocycles. The van der Waals surface area contributed by atoms with Gasteiger partial charge in [-0.15, -0.1) is 8.58 Å². The zero-order chi connectivity index (χ0) is 31.9. The Balaban J connectivity index is 1.29. The second-order valence-electron chi connectivity index (χ2n) is 13.1. The standard InChI is InChI=1S/C36H40N7O2P/c1-35(2,3)45-34(44)41-36(16-6-17-36)25-10-12-26(13-11-25)43-32(28-9-5-18-38-31(28)37)40-30-15-14-29(39-33(30)43)24-7-4-8-27(23-24)42-19-21-46-22-20-42/h4-5,7-15,18,23,46H,6,16-17,19-22H2,1-3H3,(H2,37,38)(H,41,44). The number of pyridine rings is 2. The normalized spacial score (nSPS) is 16.2. The van der Waals surface area contributed by atoms with Crippen molar-refractivity contribution in [3.05, 3.63) is 84.6 Å². The molecule has 3 N–H and O–H groups in total. The molecule has 46 heavy (non-hydrogen) atoms. The van der Waals surface area contributed by atoms with Gasteiger partial charge < -0.3 is 20.7 Å². The van der Waals surface area contributed by atoms with E-state index in [1.807, 2.05) is 45.0 Å². The van der Waals surface area contributed by atoms with Crippen LogP contribution in [0.15, 0.2) is 79.0 Å². The molecule has 1 aliphatic heterocycles. The van der Waals surface area contributed by atoms with Crippen LogP contribution < -0.4 is 16.0 Å². The van der Waals surface area contributed by atoms with Crippen LogP contribution in [-0.4, -0.2) is 56.6 Å². The lowest BCUT2D eigenvalue weighted by Gasteiger charge is -2.43. The average Bonchev–Trinajstić information content (AvgIpc) is 3.41. The number of amides is 1. The Labute approximate surface area is 271 Å². The van der Waals surface area contributed by atoms with E-state index >= 15 is 0 Å². The Morgan fingerprint density at radius 3 is 2.43 bits per heavy atom. The summed E-state index contributed by atoms with van der Waals surface area (Å²) in [5, 5.41) is 3.16. The van der Waals surface area contributed by atoms with Gasteiger partial charge in [0.1, 0.15) is 16.9 Å². The molecular formula is C36H40N7O2P. The van der Waals surface area contributed by atoms with Crippen LogP contribution in [0.3, 0.4) is 0 Å². The van der Waals surface area contributed by atoms with Crippen molar-refractivity contribution in [1.82, 2.24) is 24.8 Å². The molecule has 0 spiro atoms. The first kappa shape index (κ1) is 30.2. The van der Waals surface area contributed by atoms with Crippen molar-refractivity contribution in [2.45, 2.75) is 51.2 Å². The second kappa shape index (κ2) is 12.0. The Bertz CT molecular complexity index is 1890. The number of carbonyl (C=O) groups excluding carboxylic acids is 1. The predicted molar refractivity (Wildman–Crippen MR) is 187 cm³/mol. The number of nitrogens with two attached hydrogens (primary N) is 1. The van der Waals surface area contributed by atoms with E-state index in [1.54, 1.807) is 6.20 Å². The number of nitrogen functional groups attached to an aromatic ring is 1. The summed E-state index contributed by atoms with van der Waals surface area (Å²) in [5.74, 6) is 1.08. The minimum atomic E-state index is -0.563. The van der Waals surface area contributed by atoms with Gasteiger partial charge in [-0.3, -0.25) is 4.57 Å². The number of hydrogen-bond donors (Lipinski definition) is 2. The highest BCUT2D eigenvalue weighted by Gasteiger charge is 2.41. The van der Waals surface area contributed by atoms with Crippen LogP contribution in [0.2, 0.25) is 0 Å². The van der Waals surface area contributed by atoms with Crippen molar-refractivity contribution < 1.29 is 9.53 Å². The molecule has 236 valence electrons. The molecule has 0 bridgehead atoms. The van der Waals surface area contributed by atoms with Gasteiger partial charge in [0, 0.05) is 36.2 Å². The molecule has 5 aromatic rings. The van der Waals surface area contributed by atoms with Gasteiger partial charge in [0.15, 0.2) is 11.5 Å². The van der Waals surface area contributed by atoms with E-state index in [2.05, 4.69) is 68.3 Å². The molecule has 10 heteroatoms. The van der Waals surface area contributed by atoms with E-state index in [0.29, 0.717) is 11.6 Å². The summed E-state index contributed by atoms with van der Waals surface area (Å²) < 4.78 is 7.65. The molecule has 1 aliphatic carbocycles. The summed E-state index contributed by atoms with van der Waals surface area (Å²) in [5.41, 5.74) is 12.7. The molecular weight excluding hydrogens is 593 g/mol. The molecule has 0 radical (unpaired) electrons. The Morgan fingerprint density at radius 2 is 1.74 bits per heavy atom. The third-order valence-electron chi connectivity index (χ3n) is 8.83. The summed E-state index contributed by atoms with van der Waals surface area (Å²) >= 11 is 0. The number of rotatable bonds is 6. The van der Waals surface area contributed by atoms with Crippen LogP contribution in [0, 0.1) is 0 Å². The molecule has 1 amide bonds. The zero-order valence-corrected chi connectivity index (χ0v) is 27.6. The molecule has 1 saturated carbocycles. The van der Waals surface area contributed by atoms with Gasteiger partial charge in [0.25, 0.3) is 0 Å². The predicted octanol–water partition coefficient (Wildman–Crippen LogP) is 7.13. The highest BCUT2D eigenvalue weighted by atomic mass is 31.1. The summed E-state index contributed by atoms with van der Waals surface area (Å²) in [7, 11) is 1.06. The maximum atomic E-state index is 12.8. The van der Waals surface area contributed by atoms with Crippen molar-refractivity contribution in [2.75, 3.05) is 36.0 Å². The highest BCUT2D eigenvalue weighted by molar-refractivity contribution is 7.38. The molecule has 2 aliphatic rings. The van der Waals surface area contributed by atoms with Crippen LogP contribution in [-0.2, 0) is 10.3 Å². The number of hydrogen-bond acceptors (Lipinski definition) is 7. The topological polar surface area (TPSA) is 111 Å². The highest BCUT2D eigenvalue weighted by Crippen LogP contribution is 2.42. The largest absolute Gasteiger partial charge is 0.444 e. The first-order valence-corrected chi connectivity index (χ1v) is 17.4. The number of fused-ring (bicyclic) bond motifs is 1. The van der Waals surface area contributed by atoms with Crippen LogP contribution in [0.5, 0.6) is 0 Å². The molecule has 1 saturated heterocycles. The monoisotopic (exact) mass is 633 g/mol. The van der Waals surface area contributed by atoms with Crippen molar-refractivity contribution in [1.29, 1.82) is 0 Å². The molecule has 9 nitrogen and oxygen atoms in total. The number of carbonyl (C=O) groups is 1. The maximum absolute atomic E-state index is 12.8. The van der Waals surface area contributed by atoms with Gasteiger partial charge >= 0.3 is 6.09 Å². The maximum Gasteiger partial charge on any atom is 0.408 e. The summed E-state index contributed by atoms with van der Waals surface area (Å²) in [6.07, 6.45) is 6.56. The number of ether oxygens (including phenoxy) is 1. The summed E-state index contributed by atoms with van der Waals surface area (Å²) in [4.78, 5) is 29.8. The fourth-order valence-corrected chi connectivity index (χ4v) is 7.49. The zero-order valence-electron chi connectivity index (χ0n) is 26.6. The summed E-state index contributed by atoms with van der Waals surface area (Å²) in [6, 6.07) is 24.8.